The van der Waals surface area contributed by atoms with Crippen LogP contribution in [-0.2, 0) is 21.1 Å². The Labute approximate surface area is 119 Å². The minimum Gasteiger partial charge on any atom is -0.327 e. The van der Waals surface area contributed by atoms with E-state index in [1.165, 1.54) is 6.92 Å². The Hall–Kier alpha value is -1.40. The summed E-state index contributed by atoms with van der Waals surface area (Å²) < 4.78 is 24.5. The third kappa shape index (κ3) is 2.86. The van der Waals surface area contributed by atoms with E-state index in [0.717, 1.165) is 11.3 Å². The molecule has 6 heteroatoms. The predicted octanol–water partition coefficient (Wildman–Crippen LogP) is 1.11. The number of nitrogens with two attached hydrogens (primary N) is 1. The quantitative estimate of drug-likeness (QED) is 0.902. The van der Waals surface area contributed by atoms with Crippen LogP contribution in [0.5, 0.6) is 0 Å². The van der Waals surface area contributed by atoms with Crippen molar-refractivity contribution >= 4 is 21.4 Å². The molecule has 1 amide bonds. The lowest BCUT2D eigenvalue weighted by Crippen LogP contribution is -2.28. The summed E-state index contributed by atoms with van der Waals surface area (Å²) in [6.07, 6.45) is 1.32. The summed E-state index contributed by atoms with van der Waals surface area (Å²) in [4.78, 5) is 13.4. The van der Waals surface area contributed by atoms with Crippen molar-refractivity contribution in [2.45, 2.75) is 37.6 Å². The first-order chi connectivity index (χ1) is 9.35. The summed E-state index contributed by atoms with van der Waals surface area (Å²) in [5, 5.41) is 0. The van der Waals surface area contributed by atoms with Crippen molar-refractivity contribution in [2.75, 3.05) is 17.2 Å². The predicted molar refractivity (Wildman–Crippen MR) is 78.5 cm³/mol. The smallest absolute Gasteiger partial charge is 0.223 e. The molecule has 0 bridgehead atoms. The standard InChI is InChI=1S/C14H20N2O3S/c1-3-12(15)9-20(18,19)13-4-5-14-11(8-13)6-7-16(14)10(2)17/h4-5,8,12H,3,6-7,9,15H2,1-2H3. The zero-order valence-corrected chi connectivity index (χ0v) is 12.6. The maximum absolute atomic E-state index is 12.3. The van der Waals surface area contributed by atoms with E-state index in [2.05, 4.69) is 0 Å². The number of rotatable bonds is 4. The van der Waals surface area contributed by atoms with E-state index >= 15 is 0 Å². The minimum atomic E-state index is -3.36. The second-order valence-corrected chi connectivity index (χ2v) is 7.20. The summed E-state index contributed by atoms with van der Waals surface area (Å²) in [6, 6.07) is 4.61. The molecule has 1 unspecified atom stereocenters. The van der Waals surface area contributed by atoms with Crippen molar-refractivity contribution < 1.29 is 13.2 Å². The highest BCUT2D eigenvalue weighted by atomic mass is 32.2. The van der Waals surface area contributed by atoms with Gasteiger partial charge in [-0.3, -0.25) is 4.79 Å². The molecule has 0 spiro atoms. The summed E-state index contributed by atoms with van der Waals surface area (Å²) >= 11 is 0. The first kappa shape index (κ1) is 15.0. The second-order valence-electron chi connectivity index (χ2n) is 5.16. The highest BCUT2D eigenvalue weighted by molar-refractivity contribution is 7.91. The Morgan fingerprint density at radius 1 is 1.45 bits per heavy atom. The van der Waals surface area contributed by atoms with Crippen molar-refractivity contribution in [1.82, 2.24) is 0 Å². The molecule has 0 saturated heterocycles. The molecule has 1 atom stereocenters. The van der Waals surface area contributed by atoms with Gasteiger partial charge in [-0.1, -0.05) is 6.92 Å². The molecule has 0 saturated carbocycles. The lowest BCUT2D eigenvalue weighted by molar-refractivity contribution is -0.116. The third-order valence-electron chi connectivity index (χ3n) is 3.64. The Morgan fingerprint density at radius 3 is 2.75 bits per heavy atom. The molecule has 1 aromatic rings. The van der Waals surface area contributed by atoms with Crippen LogP contribution in [0.3, 0.4) is 0 Å². The zero-order valence-electron chi connectivity index (χ0n) is 11.8. The highest BCUT2D eigenvalue weighted by Crippen LogP contribution is 2.30. The third-order valence-corrected chi connectivity index (χ3v) is 5.48. The fraction of sp³-hybridized carbons (Fsp3) is 0.500. The summed E-state index contributed by atoms with van der Waals surface area (Å²) in [6.45, 7) is 4.00. The van der Waals surface area contributed by atoms with Crippen LogP contribution < -0.4 is 10.6 Å². The molecule has 0 aromatic heterocycles. The molecule has 0 radical (unpaired) electrons. The van der Waals surface area contributed by atoms with Crippen LogP contribution in [0.15, 0.2) is 23.1 Å². The Balaban J connectivity index is 2.31. The Morgan fingerprint density at radius 2 is 2.15 bits per heavy atom. The maximum Gasteiger partial charge on any atom is 0.223 e. The van der Waals surface area contributed by atoms with Gasteiger partial charge in [0, 0.05) is 25.2 Å². The van der Waals surface area contributed by atoms with Crippen LogP contribution in [0.2, 0.25) is 0 Å². The first-order valence-electron chi connectivity index (χ1n) is 6.74. The molecule has 2 N–H and O–H groups in total. The van der Waals surface area contributed by atoms with Crippen LogP contribution >= 0.6 is 0 Å². The van der Waals surface area contributed by atoms with E-state index in [9.17, 15) is 13.2 Å². The zero-order chi connectivity index (χ0) is 14.9. The van der Waals surface area contributed by atoms with Gasteiger partial charge in [0.15, 0.2) is 9.84 Å². The highest BCUT2D eigenvalue weighted by Gasteiger charge is 2.25. The van der Waals surface area contributed by atoms with Crippen molar-refractivity contribution in [3.63, 3.8) is 0 Å². The number of sulfone groups is 1. The maximum atomic E-state index is 12.3. The molecule has 0 aliphatic carbocycles. The number of carbonyl (C=O) groups excluding carboxylic acids is 1. The number of nitrogens with zero attached hydrogens (tertiary/aromatic N) is 1. The van der Waals surface area contributed by atoms with Crippen LogP contribution in [-0.4, -0.2) is 32.7 Å². The van der Waals surface area contributed by atoms with Crippen molar-refractivity contribution in [2.24, 2.45) is 5.73 Å². The van der Waals surface area contributed by atoms with E-state index in [1.807, 2.05) is 6.92 Å². The fourth-order valence-corrected chi connectivity index (χ4v) is 3.98. The van der Waals surface area contributed by atoms with Gasteiger partial charge < -0.3 is 10.6 Å². The Bertz CT molecular complexity index is 625. The van der Waals surface area contributed by atoms with Gasteiger partial charge in [-0.2, -0.15) is 0 Å². The van der Waals surface area contributed by atoms with E-state index < -0.39 is 9.84 Å². The lowest BCUT2D eigenvalue weighted by Gasteiger charge is -2.15. The molecule has 20 heavy (non-hydrogen) atoms. The van der Waals surface area contributed by atoms with E-state index in [4.69, 9.17) is 5.73 Å². The summed E-state index contributed by atoms with van der Waals surface area (Å²) in [5.74, 6) is -0.0639. The lowest BCUT2D eigenvalue weighted by atomic mass is 10.2. The SMILES string of the molecule is CCC(N)CS(=O)(=O)c1ccc2c(c1)CCN2C(C)=O. The Kier molecular flexibility index (Phi) is 4.15. The molecule has 0 fully saturated rings. The molecule has 1 heterocycles. The largest absolute Gasteiger partial charge is 0.327 e. The second kappa shape index (κ2) is 5.54. The van der Waals surface area contributed by atoms with Gasteiger partial charge in [0.25, 0.3) is 0 Å². The normalized spacial score (nSPS) is 16.1. The molecule has 1 aromatic carbocycles. The van der Waals surface area contributed by atoms with Crippen LogP contribution in [0, 0.1) is 0 Å². The molecular weight excluding hydrogens is 276 g/mol. The van der Waals surface area contributed by atoms with Gasteiger partial charge in [0.2, 0.25) is 5.91 Å². The van der Waals surface area contributed by atoms with Gasteiger partial charge in [0.1, 0.15) is 0 Å². The molecule has 1 aliphatic rings. The van der Waals surface area contributed by atoms with E-state index in [1.54, 1.807) is 23.1 Å². The van der Waals surface area contributed by atoms with Crippen molar-refractivity contribution in [3.05, 3.63) is 23.8 Å². The van der Waals surface area contributed by atoms with Gasteiger partial charge in [-0.05, 0) is 36.6 Å². The number of amides is 1. The monoisotopic (exact) mass is 296 g/mol. The van der Waals surface area contributed by atoms with Crippen LogP contribution in [0.4, 0.5) is 5.69 Å². The average Bonchev–Trinajstić information content (AvgIpc) is 2.80. The van der Waals surface area contributed by atoms with E-state index in [-0.39, 0.29) is 17.7 Å². The number of hydrogen-bond acceptors (Lipinski definition) is 4. The molecule has 1 aliphatic heterocycles. The molecule has 5 nitrogen and oxygen atoms in total. The molecule has 2 rings (SSSR count). The number of carbonyl (C=O) groups is 1. The van der Waals surface area contributed by atoms with Gasteiger partial charge in [-0.15, -0.1) is 0 Å². The number of hydrogen-bond donors (Lipinski definition) is 1. The van der Waals surface area contributed by atoms with Gasteiger partial charge >= 0.3 is 0 Å². The van der Waals surface area contributed by atoms with E-state index in [0.29, 0.717) is 24.3 Å². The van der Waals surface area contributed by atoms with Gasteiger partial charge in [0.05, 0.1) is 10.6 Å². The number of fused-ring (bicyclic) bond motifs is 1. The average molecular weight is 296 g/mol. The number of anilines is 1. The summed E-state index contributed by atoms with van der Waals surface area (Å²) in [5.41, 5.74) is 7.46. The van der Waals surface area contributed by atoms with Crippen LogP contribution in [0.25, 0.3) is 0 Å². The minimum absolute atomic E-state index is 0.0210. The molecular formula is C14H20N2O3S. The van der Waals surface area contributed by atoms with Crippen LogP contribution in [0.1, 0.15) is 25.8 Å². The topological polar surface area (TPSA) is 80.5 Å². The first-order valence-corrected chi connectivity index (χ1v) is 8.39. The van der Waals surface area contributed by atoms with Gasteiger partial charge in [-0.25, -0.2) is 8.42 Å². The number of benzene rings is 1. The summed E-state index contributed by atoms with van der Waals surface area (Å²) in [7, 11) is -3.36. The fourth-order valence-electron chi connectivity index (χ4n) is 2.39. The van der Waals surface area contributed by atoms with Crippen molar-refractivity contribution in [1.29, 1.82) is 0 Å². The molecule has 110 valence electrons. The van der Waals surface area contributed by atoms with Crippen molar-refractivity contribution in [3.8, 4) is 0 Å².